The third kappa shape index (κ3) is 2.32. The first-order chi connectivity index (χ1) is 8.65. The van der Waals surface area contributed by atoms with Crippen LogP contribution in [0.1, 0.15) is 19.0 Å². The number of ether oxygens (including phenoxy) is 1. The molecule has 0 aliphatic rings. The molecule has 96 valence electrons. The second kappa shape index (κ2) is 5.12. The van der Waals surface area contributed by atoms with Gasteiger partial charge in [-0.15, -0.1) is 0 Å². The van der Waals surface area contributed by atoms with E-state index in [0.717, 1.165) is 29.7 Å². The van der Waals surface area contributed by atoms with Crippen LogP contribution in [0.25, 0.3) is 11.1 Å². The first-order valence-electron chi connectivity index (χ1n) is 6.12. The average molecular weight is 245 g/mol. The molecule has 2 rings (SSSR count). The van der Waals surface area contributed by atoms with Crippen molar-refractivity contribution >= 4 is 5.69 Å². The minimum Gasteiger partial charge on any atom is -0.495 e. The molecule has 0 atom stereocenters. The molecule has 1 aromatic heterocycles. The van der Waals surface area contributed by atoms with Crippen LogP contribution in [0.4, 0.5) is 5.69 Å². The second-order valence-electron chi connectivity index (χ2n) is 4.37. The number of methoxy groups -OCH3 is 1. The van der Waals surface area contributed by atoms with Gasteiger partial charge >= 0.3 is 0 Å². The molecule has 0 spiro atoms. The first-order valence-corrected chi connectivity index (χ1v) is 6.12. The lowest BCUT2D eigenvalue weighted by molar-refractivity contribution is 0.417. The van der Waals surface area contributed by atoms with E-state index >= 15 is 0 Å². The lowest BCUT2D eigenvalue weighted by atomic mass is 10.0. The molecule has 0 fully saturated rings. The molecule has 2 aromatic rings. The van der Waals surface area contributed by atoms with Crippen LogP contribution < -0.4 is 10.5 Å². The first kappa shape index (κ1) is 12.5. The SMILES string of the molecule is CCCc1nn(C)cc1-c1ccc(OC)c(N)c1. The van der Waals surface area contributed by atoms with Crippen molar-refractivity contribution in [2.75, 3.05) is 12.8 Å². The highest BCUT2D eigenvalue weighted by molar-refractivity contribution is 5.71. The number of nitrogen functional groups attached to an aromatic ring is 1. The van der Waals surface area contributed by atoms with Crippen LogP contribution >= 0.6 is 0 Å². The van der Waals surface area contributed by atoms with Crippen LogP contribution in [0.3, 0.4) is 0 Å². The van der Waals surface area contributed by atoms with Crippen molar-refractivity contribution in [3.05, 3.63) is 30.1 Å². The van der Waals surface area contributed by atoms with E-state index in [0.29, 0.717) is 11.4 Å². The van der Waals surface area contributed by atoms with E-state index in [9.17, 15) is 0 Å². The molecule has 1 heterocycles. The van der Waals surface area contributed by atoms with Gasteiger partial charge in [-0.1, -0.05) is 19.4 Å². The lowest BCUT2D eigenvalue weighted by Crippen LogP contribution is -1.93. The average Bonchev–Trinajstić information content (AvgIpc) is 2.71. The summed E-state index contributed by atoms with van der Waals surface area (Å²) in [5.41, 5.74) is 9.95. The summed E-state index contributed by atoms with van der Waals surface area (Å²) < 4.78 is 7.02. The second-order valence-corrected chi connectivity index (χ2v) is 4.37. The Labute approximate surface area is 107 Å². The number of nitrogens with two attached hydrogens (primary N) is 1. The summed E-state index contributed by atoms with van der Waals surface area (Å²) in [5.74, 6) is 0.708. The summed E-state index contributed by atoms with van der Waals surface area (Å²) in [6.45, 7) is 2.15. The van der Waals surface area contributed by atoms with Gasteiger partial charge in [-0.2, -0.15) is 5.10 Å². The van der Waals surface area contributed by atoms with Crippen molar-refractivity contribution in [3.8, 4) is 16.9 Å². The van der Waals surface area contributed by atoms with Gasteiger partial charge < -0.3 is 10.5 Å². The largest absolute Gasteiger partial charge is 0.495 e. The Morgan fingerprint density at radius 3 is 2.78 bits per heavy atom. The number of hydrogen-bond donors (Lipinski definition) is 1. The van der Waals surface area contributed by atoms with Crippen LogP contribution in [0.5, 0.6) is 5.75 Å². The Kier molecular flexibility index (Phi) is 3.55. The van der Waals surface area contributed by atoms with Crippen molar-refractivity contribution in [1.29, 1.82) is 0 Å². The number of benzene rings is 1. The fraction of sp³-hybridized carbons (Fsp3) is 0.357. The van der Waals surface area contributed by atoms with Crippen molar-refractivity contribution in [2.24, 2.45) is 7.05 Å². The molecule has 0 amide bonds. The van der Waals surface area contributed by atoms with Crippen LogP contribution in [0.2, 0.25) is 0 Å². The summed E-state index contributed by atoms with van der Waals surface area (Å²) in [4.78, 5) is 0. The number of rotatable bonds is 4. The normalized spacial score (nSPS) is 10.6. The lowest BCUT2D eigenvalue weighted by Gasteiger charge is -2.07. The van der Waals surface area contributed by atoms with Crippen LogP contribution in [-0.2, 0) is 13.5 Å². The highest BCUT2D eigenvalue weighted by Gasteiger charge is 2.10. The molecular formula is C14H19N3O. The number of hydrogen-bond acceptors (Lipinski definition) is 3. The molecular weight excluding hydrogens is 226 g/mol. The Morgan fingerprint density at radius 2 is 2.17 bits per heavy atom. The van der Waals surface area contributed by atoms with Crippen LogP contribution in [0.15, 0.2) is 24.4 Å². The van der Waals surface area contributed by atoms with Gasteiger partial charge in [0.25, 0.3) is 0 Å². The molecule has 18 heavy (non-hydrogen) atoms. The smallest absolute Gasteiger partial charge is 0.141 e. The minimum absolute atomic E-state index is 0.654. The maximum Gasteiger partial charge on any atom is 0.141 e. The molecule has 4 nitrogen and oxygen atoms in total. The van der Waals surface area contributed by atoms with Crippen LogP contribution in [0, 0.1) is 0 Å². The monoisotopic (exact) mass is 245 g/mol. The van der Waals surface area contributed by atoms with E-state index in [1.54, 1.807) is 7.11 Å². The third-order valence-electron chi connectivity index (χ3n) is 2.93. The summed E-state index contributed by atoms with van der Waals surface area (Å²) in [6.07, 6.45) is 4.09. The predicted molar refractivity (Wildman–Crippen MR) is 73.6 cm³/mol. The molecule has 2 N–H and O–H groups in total. The van der Waals surface area contributed by atoms with Gasteiger partial charge in [-0.3, -0.25) is 4.68 Å². The molecule has 0 aliphatic heterocycles. The molecule has 0 aliphatic carbocycles. The topological polar surface area (TPSA) is 53.1 Å². The Balaban J connectivity index is 2.44. The maximum atomic E-state index is 5.95. The van der Waals surface area contributed by atoms with E-state index in [2.05, 4.69) is 12.0 Å². The summed E-state index contributed by atoms with van der Waals surface area (Å²) in [6, 6.07) is 5.85. The van der Waals surface area contributed by atoms with E-state index in [1.807, 2.05) is 36.1 Å². The Morgan fingerprint density at radius 1 is 1.39 bits per heavy atom. The van der Waals surface area contributed by atoms with Gasteiger partial charge in [-0.05, 0) is 24.1 Å². The highest BCUT2D eigenvalue weighted by atomic mass is 16.5. The van der Waals surface area contributed by atoms with Crippen molar-refractivity contribution in [2.45, 2.75) is 19.8 Å². The van der Waals surface area contributed by atoms with E-state index in [-0.39, 0.29) is 0 Å². The summed E-state index contributed by atoms with van der Waals surface area (Å²) in [5, 5.41) is 4.49. The maximum absolute atomic E-state index is 5.95. The van der Waals surface area contributed by atoms with Crippen molar-refractivity contribution < 1.29 is 4.74 Å². The molecule has 0 saturated carbocycles. The highest BCUT2D eigenvalue weighted by Crippen LogP contribution is 2.30. The zero-order valence-corrected chi connectivity index (χ0v) is 11.1. The van der Waals surface area contributed by atoms with Crippen molar-refractivity contribution in [3.63, 3.8) is 0 Å². The van der Waals surface area contributed by atoms with E-state index in [4.69, 9.17) is 10.5 Å². The van der Waals surface area contributed by atoms with Gasteiger partial charge in [0.2, 0.25) is 0 Å². The number of anilines is 1. The van der Waals surface area contributed by atoms with Gasteiger partial charge in [0.05, 0.1) is 18.5 Å². The molecule has 1 aromatic carbocycles. The Bertz CT molecular complexity index is 546. The fourth-order valence-corrected chi connectivity index (χ4v) is 2.10. The minimum atomic E-state index is 0.654. The van der Waals surface area contributed by atoms with E-state index < -0.39 is 0 Å². The van der Waals surface area contributed by atoms with Gasteiger partial charge in [0.15, 0.2) is 0 Å². The molecule has 0 unspecified atom stereocenters. The van der Waals surface area contributed by atoms with Crippen molar-refractivity contribution in [1.82, 2.24) is 9.78 Å². The zero-order valence-electron chi connectivity index (χ0n) is 11.1. The number of aryl methyl sites for hydroxylation is 2. The number of aromatic nitrogens is 2. The summed E-state index contributed by atoms with van der Waals surface area (Å²) >= 11 is 0. The fourth-order valence-electron chi connectivity index (χ4n) is 2.10. The summed E-state index contributed by atoms with van der Waals surface area (Å²) in [7, 11) is 3.56. The van der Waals surface area contributed by atoms with E-state index in [1.165, 1.54) is 0 Å². The van der Waals surface area contributed by atoms with Crippen LogP contribution in [-0.4, -0.2) is 16.9 Å². The van der Waals surface area contributed by atoms with Gasteiger partial charge in [0.1, 0.15) is 5.75 Å². The standard InChI is InChI=1S/C14H19N3O/c1-4-5-13-11(9-17(2)16-13)10-6-7-14(18-3)12(15)8-10/h6-9H,4-5,15H2,1-3H3. The Hall–Kier alpha value is -1.97. The number of nitrogens with zero attached hydrogens (tertiary/aromatic N) is 2. The molecule has 0 saturated heterocycles. The quantitative estimate of drug-likeness (QED) is 0.842. The zero-order chi connectivity index (χ0) is 13.1. The predicted octanol–water partition coefficient (Wildman–Crippen LogP) is 2.63. The third-order valence-corrected chi connectivity index (χ3v) is 2.93. The van der Waals surface area contributed by atoms with Gasteiger partial charge in [0, 0.05) is 18.8 Å². The molecule has 0 radical (unpaired) electrons. The molecule has 0 bridgehead atoms. The van der Waals surface area contributed by atoms with Gasteiger partial charge in [-0.25, -0.2) is 0 Å². The molecule has 4 heteroatoms.